The maximum Gasteiger partial charge on any atom is 0.485 e. The van der Waals surface area contributed by atoms with Crippen molar-refractivity contribution < 1.29 is 26.1 Å². The summed E-state index contributed by atoms with van der Waals surface area (Å²) < 4.78 is 58.9. The van der Waals surface area contributed by atoms with Gasteiger partial charge in [-0.25, -0.2) is 8.42 Å². The number of hydrogen-bond donors (Lipinski definition) is 0. The summed E-state index contributed by atoms with van der Waals surface area (Å²) in [5.74, 6) is 0. The van der Waals surface area contributed by atoms with E-state index >= 15 is 0 Å². The van der Waals surface area contributed by atoms with Gasteiger partial charge in [0.25, 0.3) is 0 Å². The summed E-state index contributed by atoms with van der Waals surface area (Å²) in [4.78, 5) is 4.08. The molecule has 0 N–H and O–H groups in total. The first kappa shape index (κ1) is 29.1. The van der Waals surface area contributed by atoms with Gasteiger partial charge in [0.15, 0.2) is 24.8 Å². The van der Waals surface area contributed by atoms with Crippen molar-refractivity contribution in [2.75, 3.05) is 0 Å². The fourth-order valence-electron chi connectivity index (χ4n) is 4.16. The molecule has 204 valence electrons. The fraction of sp³-hybridized carbons (Fsp3) is 0.0625. The molecule has 0 spiro atoms. The van der Waals surface area contributed by atoms with Crippen molar-refractivity contribution in [2.24, 2.45) is 0 Å². The van der Waals surface area contributed by atoms with Crippen molar-refractivity contribution in [3.05, 3.63) is 151 Å². The second-order valence-corrected chi connectivity index (χ2v) is 12.0. The number of fused-ring (bicyclic) bond motifs is 3. The molecule has 0 heterocycles. The van der Waals surface area contributed by atoms with Crippen molar-refractivity contribution >= 4 is 21.0 Å². The van der Waals surface area contributed by atoms with Crippen LogP contribution in [0.5, 0.6) is 0 Å². The summed E-state index contributed by atoms with van der Waals surface area (Å²) in [7, 11) is -6.10. The highest BCUT2D eigenvalue weighted by molar-refractivity contribution is 7.97. The molecule has 8 heteroatoms. The van der Waals surface area contributed by atoms with Gasteiger partial charge in [-0.05, 0) is 65.1 Å². The van der Waals surface area contributed by atoms with Gasteiger partial charge < -0.3 is 4.55 Å². The Labute approximate surface area is 235 Å². The SMILES string of the molecule is O=S(=O)([O-])C(F)(F)F.c1ccc([S+](c2ccccc2)c2ccccc2)cc1.c1ccc2c(c1)Cc1ccccc1-2. The third-order valence-electron chi connectivity index (χ3n) is 5.93. The van der Waals surface area contributed by atoms with Crippen molar-refractivity contribution in [3.8, 4) is 11.1 Å². The van der Waals surface area contributed by atoms with E-state index in [0.717, 1.165) is 6.42 Å². The zero-order chi connectivity index (χ0) is 28.6. The van der Waals surface area contributed by atoms with Crippen LogP contribution in [0.15, 0.2) is 154 Å². The van der Waals surface area contributed by atoms with Gasteiger partial charge in [0.1, 0.15) is 0 Å². The van der Waals surface area contributed by atoms with E-state index in [1.54, 1.807) is 0 Å². The predicted octanol–water partition coefficient (Wildman–Crippen LogP) is 8.09. The number of alkyl halides is 3. The zero-order valence-electron chi connectivity index (χ0n) is 21.2. The van der Waals surface area contributed by atoms with E-state index in [1.165, 1.54) is 36.9 Å². The molecule has 1 aliphatic rings. The van der Waals surface area contributed by atoms with Crippen LogP contribution < -0.4 is 0 Å². The van der Waals surface area contributed by atoms with Crippen LogP contribution in [0, 0.1) is 0 Å². The van der Waals surface area contributed by atoms with Crippen LogP contribution >= 0.6 is 0 Å². The standard InChI is InChI=1S/C18H15S.C13H10.CHF3O3S/c1-4-10-16(11-5-1)19(17-12-6-2-7-13-17)18-14-8-3-9-15-18;1-3-7-12-10(5-1)9-11-6-2-4-8-13(11)12;2-1(3,4)8(5,6)7/h1-15H;1-8H,9H2;(H,5,6,7)/q+1;;/p-1. The number of benzene rings is 5. The summed E-state index contributed by atoms with van der Waals surface area (Å²) in [6, 6.07) is 49.5. The summed E-state index contributed by atoms with van der Waals surface area (Å²) >= 11 is 0. The molecular weight excluding hydrogens is 553 g/mol. The summed E-state index contributed by atoms with van der Waals surface area (Å²) in [6.07, 6.45) is 1.10. The minimum atomic E-state index is -6.09. The van der Waals surface area contributed by atoms with E-state index < -0.39 is 15.6 Å². The summed E-state index contributed by atoms with van der Waals surface area (Å²) in [5.41, 5.74) is 0.108. The van der Waals surface area contributed by atoms with E-state index in [1.807, 2.05) is 0 Å². The molecule has 1 aliphatic carbocycles. The van der Waals surface area contributed by atoms with Crippen LogP contribution in [0.4, 0.5) is 13.2 Å². The third kappa shape index (κ3) is 7.41. The fourth-order valence-corrected chi connectivity index (χ4v) is 6.26. The van der Waals surface area contributed by atoms with Crippen LogP contribution in [0.25, 0.3) is 11.1 Å². The molecule has 6 rings (SSSR count). The summed E-state index contributed by atoms with van der Waals surface area (Å²) in [5, 5.41) is 0. The van der Waals surface area contributed by atoms with Crippen molar-refractivity contribution in [2.45, 2.75) is 26.6 Å². The average molecular weight is 579 g/mol. The highest BCUT2D eigenvalue weighted by Gasteiger charge is 2.37. The zero-order valence-corrected chi connectivity index (χ0v) is 22.8. The maximum absolute atomic E-state index is 10.7. The first-order valence-corrected chi connectivity index (χ1v) is 14.9. The largest absolute Gasteiger partial charge is 0.741 e. The van der Waals surface area contributed by atoms with Gasteiger partial charge in [0.2, 0.25) is 0 Å². The van der Waals surface area contributed by atoms with Gasteiger partial charge in [0.05, 0.1) is 10.9 Å². The molecule has 40 heavy (non-hydrogen) atoms. The third-order valence-corrected chi connectivity index (χ3v) is 8.72. The Bertz CT molecular complexity index is 1490. The van der Waals surface area contributed by atoms with Crippen LogP contribution in [0.1, 0.15) is 11.1 Å². The van der Waals surface area contributed by atoms with E-state index in [-0.39, 0.29) is 10.9 Å². The Hall–Kier alpha value is -3.85. The molecule has 0 unspecified atom stereocenters. The molecule has 0 saturated carbocycles. The quantitative estimate of drug-likeness (QED) is 0.121. The molecule has 0 atom stereocenters. The molecular formula is C32H25F3O3S2. The monoisotopic (exact) mass is 578 g/mol. The first-order chi connectivity index (χ1) is 19.1. The first-order valence-electron chi connectivity index (χ1n) is 12.2. The normalized spacial score (nSPS) is 11.8. The molecule has 0 bridgehead atoms. The maximum atomic E-state index is 10.7. The lowest BCUT2D eigenvalue weighted by Gasteiger charge is -2.08. The van der Waals surface area contributed by atoms with Gasteiger partial charge in [-0.1, -0.05) is 103 Å². The molecule has 0 aliphatic heterocycles. The average Bonchev–Trinajstić information content (AvgIpc) is 3.34. The molecule has 0 amide bonds. The van der Waals surface area contributed by atoms with Crippen LogP contribution in [0.3, 0.4) is 0 Å². The molecule has 5 aromatic carbocycles. The lowest BCUT2D eigenvalue weighted by molar-refractivity contribution is -0.0517. The van der Waals surface area contributed by atoms with E-state index in [2.05, 4.69) is 140 Å². The van der Waals surface area contributed by atoms with Gasteiger partial charge in [0, 0.05) is 0 Å². The topological polar surface area (TPSA) is 57.2 Å². The van der Waals surface area contributed by atoms with Crippen molar-refractivity contribution in [1.29, 1.82) is 0 Å². The van der Waals surface area contributed by atoms with Crippen molar-refractivity contribution in [3.63, 3.8) is 0 Å². The molecule has 3 nitrogen and oxygen atoms in total. The minimum absolute atomic E-state index is 0.0146. The second kappa shape index (κ2) is 13.0. The van der Waals surface area contributed by atoms with Gasteiger partial charge in [-0.3, -0.25) is 0 Å². The minimum Gasteiger partial charge on any atom is -0.741 e. The van der Waals surface area contributed by atoms with E-state index in [4.69, 9.17) is 13.0 Å². The Kier molecular flexibility index (Phi) is 9.47. The van der Waals surface area contributed by atoms with E-state index in [0.29, 0.717) is 0 Å². The lowest BCUT2D eigenvalue weighted by Crippen LogP contribution is -2.21. The number of rotatable bonds is 3. The predicted molar refractivity (Wildman–Crippen MR) is 152 cm³/mol. The van der Waals surface area contributed by atoms with Crippen LogP contribution in [0.2, 0.25) is 0 Å². The van der Waals surface area contributed by atoms with Crippen LogP contribution in [-0.2, 0) is 27.4 Å². The van der Waals surface area contributed by atoms with E-state index in [9.17, 15) is 13.2 Å². The molecule has 0 saturated heterocycles. The number of halogens is 3. The highest BCUT2D eigenvalue weighted by Crippen LogP contribution is 2.35. The molecule has 5 aromatic rings. The Morgan fingerprint density at radius 3 is 1.10 bits per heavy atom. The van der Waals surface area contributed by atoms with Gasteiger partial charge in [-0.15, -0.1) is 0 Å². The number of hydrogen-bond acceptors (Lipinski definition) is 3. The van der Waals surface area contributed by atoms with Gasteiger partial charge in [-0.2, -0.15) is 13.2 Å². The Morgan fingerprint density at radius 1 is 0.525 bits per heavy atom. The molecule has 0 fully saturated rings. The van der Waals surface area contributed by atoms with Crippen LogP contribution in [-0.4, -0.2) is 18.5 Å². The molecule has 0 radical (unpaired) electrons. The molecule has 0 aromatic heterocycles. The lowest BCUT2D eigenvalue weighted by atomic mass is 10.1. The highest BCUT2D eigenvalue weighted by atomic mass is 32.2. The Morgan fingerprint density at radius 2 is 0.800 bits per heavy atom. The van der Waals surface area contributed by atoms with Gasteiger partial charge >= 0.3 is 5.51 Å². The second-order valence-electron chi connectivity index (χ2n) is 8.64. The van der Waals surface area contributed by atoms with Crippen molar-refractivity contribution in [1.82, 2.24) is 0 Å². The smallest absolute Gasteiger partial charge is 0.485 e. The Balaban J connectivity index is 0.000000153. The summed E-state index contributed by atoms with van der Waals surface area (Å²) in [6.45, 7) is 0.